The highest BCUT2D eigenvalue weighted by Crippen LogP contribution is 2.30. The van der Waals surface area contributed by atoms with Crippen LogP contribution in [0.3, 0.4) is 0 Å². The lowest BCUT2D eigenvalue weighted by molar-refractivity contribution is 0.283. The van der Waals surface area contributed by atoms with Crippen LogP contribution in [0.5, 0.6) is 17.2 Å². The van der Waals surface area contributed by atoms with Gasteiger partial charge in [-0.2, -0.15) is 0 Å². The maximum Gasteiger partial charge on any atom is 0.185 e. The van der Waals surface area contributed by atoms with Gasteiger partial charge in [0.25, 0.3) is 0 Å². The molecule has 4 nitrogen and oxygen atoms in total. The SMILES string of the molecule is COc1ccnc(COc2ccc(F)cc2C)c1OC. The quantitative estimate of drug-likeness (QED) is 0.842. The van der Waals surface area contributed by atoms with E-state index in [0.717, 1.165) is 5.56 Å². The van der Waals surface area contributed by atoms with Crippen LogP contribution in [0.25, 0.3) is 0 Å². The summed E-state index contributed by atoms with van der Waals surface area (Å²) in [6.07, 6.45) is 1.62. The van der Waals surface area contributed by atoms with E-state index in [1.807, 2.05) is 0 Å². The third kappa shape index (κ3) is 2.99. The predicted octanol–water partition coefficient (Wildman–Crippen LogP) is 3.13. The number of aryl methyl sites for hydroxylation is 1. The van der Waals surface area contributed by atoms with E-state index >= 15 is 0 Å². The molecule has 0 aliphatic carbocycles. The van der Waals surface area contributed by atoms with Crippen LogP contribution < -0.4 is 14.2 Å². The zero-order valence-electron chi connectivity index (χ0n) is 11.6. The first kappa shape index (κ1) is 14.1. The molecular weight excluding hydrogens is 261 g/mol. The minimum Gasteiger partial charge on any atom is -0.493 e. The average molecular weight is 277 g/mol. The molecular formula is C15H16FNO3. The van der Waals surface area contributed by atoms with Crippen molar-refractivity contribution in [2.45, 2.75) is 13.5 Å². The predicted molar refractivity (Wildman–Crippen MR) is 72.8 cm³/mol. The highest BCUT2D eigenvalue weighted by molar-refractivity contribution is 5.42. The third-order valence-electron chi connectivity index (χ3n) is 2.87. The van der Waals surface area contributed by atoms with Gasteiger partial charge < -0.3 is 14.2 Å². The van der Waals surface area contributed by atoms with Crippen molar-refractivity contribution in [1.82, 2.24) is 4.98 Å². The van der Waals surface area contributed by atoms with Crippen molar-refractivity contribution in [2.75, 3.05) is 14.2 Å². The van der Waals surface area contributed by atoms with Crippen LogP contribution in [0.4, 0.5) is 4.39 Å². The van der Waals surface area contributed by atoms with E-state index in [0.29, 0.717) is 22.9 Å². The summed E-state index contributed by atoms with van der Waals surface area (Å²) in [5.41, 5.74) is 1.35. The Morgan fingerprint density at radius 2 is 1.90 bits per heavy atom. The molecule has 2 rings (SSSR count). The van der Waals surface area contributed by atoms with Crippen molar-refractivity contribution >= 4 is 0 Å². The normalized spacial score (nSPS) is 10.2. The first-order valence-corrected chi connectivity index (χ1v) is 6.10. The van der Waals surface area contributed by atoms with Gasteiger partial charge in [0.05, 0.1) is 14.2 Å². The van der Waals surface area contributed by atoms with Crippen LogP contribution in [0, 0.1) is 12.7 Å². The Morgan fingerprint density at radius 1 is 1.10 bits per heavy atom. The number of nitrogens with zero attached hydrogens (tertiary/aromatic N) is 1. The van der Waals surface area contributed by atoms with Gasteiger partial charge in [-0.1, -0.05) is 0 Å². The first-order valence-electron chi connectivity index (χ1n) is 6.10. The summed E-state index contributed by atoms with van der Waals surface area (Å²) in [7, 11) is 3.11. The van der Waals surface area contributed by atoms with Crippen LogP contribution >= 0.6 is 0 Å². The van der Waals surface area contributed by atoms with Crippen molar-refractivity contribution < 1.29 is 18.6 Å². The molecule has 1 aromatic heterocycles. The number of rotatable bonds is 5. The monoisotopic (exact) mass is 277 g/mol. The van der Waals surface area contributed by atoms with Crippen LogP contribution in [-0.4, -0.2) is 19.2 Å². The van der Waals surface area contributed by atoms with Gasteiger partial charge in [-0.05, 0) is 30.7 Å². The molecule has 0 unspecified atom stereocenters. The van der Waals surface area contributed by atoms with E-state index in [4.69, 9.17) is 14.2 Å². The fourth-order valence-electron chi connectivity index (χ4n) is 1.87. The smallest absolute Gasteiger partial charge is 0.185 e. The Balaban J connectivity index is 2.18. The highest BCUT2D eigenvalue weighted by Gasteiger charge is 2.12. The molecule has 106 valence electrons. The van der Waals surface area contributed by atoms with E-state index in [1.165, 1.54) is 12.1 Å². The second kappa shape index (κ2) is 6.23. The molecule has 0 saturated carbocycles. The second-order valence-corrected chi connectivity index (χ2v) is 4.19. The fraction of sp³-hybridized carbons (Fsp3) is 0.267. The third-order valence-corrected chi connectivity index (χ3v) is 2.87. The number of ether oxygens (including phenoxy) is 3. The van der Waals surface area contributed by atoms with E-state index in [-0.39, 0.29) is 12.4 Å². The molecule has 0 fully saturated rings. The summed E-state index contributed by atoms with van der Waals surface area (Å²) in [6, 6.07) is 6.09. The summed E-state index contributed by atoms with van der Waals surface area (Å²) in [6.45, 7) is 2.00. The van der Waals surface area contributed by atoms with Gasteiger partial charge >= 0.3 is 0 Å². The molecule has 0 amide bonds. The molecule has 0 saturated heterocycles. The van der Waals surface area contributed by atoms with Gasteiger partial charge in [-0.3, -0.25) is 4.98 Å². The molecule has 0 aliphatic rings. The summed E-state index contributed by atoms with van der Waals surface area (Å²) in [5.74, 6) is 1.46. The second-order valence-electron chi connectivity index (χ2n) is 4.19. The number of methoxy groups -OCH3 is 2. The van der Waals surface area contributed by atoms with Crippen molar-refractivity contribution in [3.8, 4) is 17.2 Å². The molecule has 0 spiro atoms. The molecule has 0 bridgehead atoms. The van der Waals surface area contributed by atoms with E-state index in [9.17, 15) is 4.39 Å². The summed E-state index contributed by atoms with van der Waals surface area (Å²) >= 11 is 0. The zero-order chi connectivity index (χ0) is 14.5. The molecule has 1 aromatic carbocycles. The Kier molecular flexibility index (Phi) is 4.40. The highest BCUT2D eigenvalue weighted by atomic mass is 19.1. The molecule has 0 aliphatic heterocycles. The Morgan fingerprint density at radius 3 is 2.55 bits per heavy atom. The van der Waals surface area contributed by atoms with E-state index in [2.05, 4.69) is 4.98 Å². The standard InChI is InChI=1S/C15H16FNO3/c1-10-8-11(16)4-5-13(10)20-9-12-15(19-3)14(18-2)6-7-17-12/h4-8H,9H2,1-3H3. The lowest BCUT2D eigenvalue weighted by Crippen LogP contribution is -2.03. The van der Waals surface area contributed by atoms with Crippen LogP contribution in [0.15, 0.2) is 30.5 Å². The van der Waals surface area contributed by atoms with Gasteiger partial charge in [0.15, 0.2) is 11.5 Å². The number of hydrogen-bond acceptors (Lipinski definition) is 4. The van der Waals surface area contributed by atoms with Crippen molar-refractivity contribution in [3.05, 3.63) is 47.5 Å². The van der Waals surface area contributed by atoms with Crippen molar-refractivity contribution in [2.24, 2.45) is 0 Å². The van der Waals surface area contributed by atoms with E-state index in [1.54, 1.807) is 39.5 Å². The van der Waals surface area contributed by atoms with Gasteiger partial charge in [-0.15, -0.1) is 0 Å². The Labute approximate surface area is 117 Å². The lowest BCUT2D eigenvalue weighted by Gasteiger charge is -2.13. The maximum absolute atomic E-state index is 13.0. The molecule has 1 heterocycles. The number of halogens is 1. The topological polar surface area (TPSA) is 40.6 Å². The number of aromatic nitrogens is 1. The Bertz CT molecular complexity index is 602. The number of pyridine rings is 1. The Hall–Kier alpha value is -2.30. The fourth-order valence-corrected chi connectivity index (χ4v) is 1.87. The minimum absolute atomic E-state index is 0.215. The van der Waals surface area contributed by atoms with Crippen LogP contribution in [0.2, 0.25) is 0 Å². The number of benzene rings is 1. The van der Waals surface area contributed by atoms with Gasteiger partial charge in [-0.25, -0.2) is 4.39 Å². The molecule has 5 heteroatoms. The van der Waals surface area contributed by atoms with Gasteiger partial charge in [0.2, 0.25) is 0 Å². The maximum atomic E-state index is 13.0. The van der Waals surface area contributed by atoms with Crippen LogP contribution in [0.1, 0.15) is 11.3 Å². The van der Waals surface area contributed by atoms with E-state index < -0.39 is 0 Å². The molecule has 0 atom stereocenters. The zero-order valence-corrected chi connectivity index (χ0v) is 11.6. The summed E-state index contributed by atoms with van der Waals surface area (Å²) in [5, 5.41) is 0. The van der Waals surface area contributed by atoms with Gasteiger partial charge in [0.1, 0.15) is 23.9 Å². The summed E-state index contributed by atoms with van der Waals surface area (Å²) < 4.78 is 29.2. The van der Waals surface area contributed by atoms with Crippen molar-refractivity contribution in [1.29, 1.82) is 0 Å². The minimum atomic E-state index is -0.285. The average Bonchev–Trinajstić information content (AvgIpc) is 2.45. The molecule has 2 aromatic rings. The van der Waals surface area contributed by atoms with Gasteiger partial charge in [0, 0.05) is 12.3 Å². The van der Waals surface area contributed by atoms with Crippen molar-refractivity contribution in [3.63, 3.8) is 0 Å². The molecule has 20 heavy (non-hydrogen) atoms. The largest absolute Gasteiger partial charge is 0.493 e. The molecule has 0 radical (unpaired) electrons. The first-order chi connectivity index (χ1) is 9.65. The lowest BCUT2D eigenvalue weighted by atomic mass is 10.2. The summed E-state index contributed by atoms with van der Waals surface area (Å²) in [4.78, 5) is 4.22. The number of hydrogen-bond donors (Lipinski definition) is 0. The molecule has 0 N–H and O–H groups in total. The van der Waals surface area contributed by atoms with Crippen LogP contribution in [-0.2, 0) is 6.61 Å².